The molecule has 5 N–H and O–H groups in total. The number of morpholine rings is 1. The SMILES string of the molecule is C=C1C[C@H]([C@H](C)Oc2cc(NCCNC(S)c3coc4c(=O)cc(N5CCOCC5)sc34)ccc2CSN)CN1. The van der Waals surface area contributed by atoms with E-state index in [4.69, 9.17) is 31.7 Å². The van der Waals surface area contributed by atoms with Crippen molar-refractivity contribution in [2.75, 3.05) is 56.2 Å². The van der Waals surface area contributed by atoms with Gasteiger partial charge in [-0.2, -0.15) is 12.6 Å². The Labute approximate surface area is 248 Å². The highest BCUT2D eigenvalue weighted by atomic mass is 32.2. The maximum Gasteiger partial charge on any atom is 0.225 e. The Morgan fingerprint density at radius 3 is 2.90 bits per heavy atom. The fourth-order valence-corrected chi connectivity index (χ4v) is 6.99. The lowest BCUT2D eigenvalue weighted by Crippen LogP contribution is -2.36. The molecule has 216 valence electrons. The van der Waals surface area contributed by atoms with E-state index in [9.17, 15) is 4.79 Å². The van der Waals surface area contributed by atoms with Gasteiger partial charge in [0.1, 0.15) is 11.9 Å². The van der Waals surface area contributed by atoms with E-state index < -0.39 is 0 Å². The first-order valence-corrected chi connectivity index (χ1v) is 15.9. The Morgan fingerprint density at radius 1 is 1.32 bits per heavy atom. The molecular formula is C28H37N5O4S3. The van der Waals surface area contributed by atoms with Crippen LogP contribution in [-0.4, -0.2) is 52.0 Å². The molecule has 12 heteroatoms. The Bertz CT molecular complexity index is 1370. The largest absolute Gasteiger partial charge is 0.490 e. The first-order valence-electron chi connectivity index (χ1n) is 13.5. The second-order valence-corrected chi connectivity index (χ2v) is 12.3. The molecule has 0 amide bonds. The molecule has 4 heterocycles. The highest BCUT2D eigenvalue weighted by molar-refractivity contribution is 7.96. The minimum Gasteiger partial charge on any atom is -0.490 e. The van der Waals surface area contributed by atoms with Gasteiger partial charge in [0.25, 0.3) is 0 Å². The molecule has 0 aliphatic carbocycles. The number of thiol groups is 1. The average molecular weight is 604 g/mol. The third-order valence-electron chi connectivity index (χ3n) is 7.27. The van der Waals surface area contributed by atoms with Crippen LogP contribution in [0.25, 0.3) is 10.3 Å². The normalized spacial score (nSPS) is 19.0. The average Bonchev–Trinajstić information content (AvgIpc) is 3.60. The van der Waals surface area contributed by atoms with Crippen LogP contribution in [0.3, 0.4) is 0 Å². The number of hydrogen-bond acceptors (Lipinski definition) is 12. The van der Waals surface area contributed by atoms with Crippen molar-refractivity contribution in [1.82, 2.24) is 10.6 Å². The van der Waals surface area contributed by atoms with Crippen LogP contribution in [-0.2, 0) is 10.5 Å². The molecule has 9 nitrogen and oxygen atoms in total. The summed E-state index contributed by atoms with van der Waals surface area (Å²) in [4.78, 5) is 14.9. The van der Waals surface area contributed by atoms with Gasteiger partial charge in [-0.05, 0) is 19.4 Å². The van der Waals surface area contributed by atoms with E-state index in [2.05, 4.69) is 46.5 Å². The number of hydrogen-bond donors (Lipinski definition) is 5. The number of nitrogens with one attached hydrogen (secondary N) is 3. The van der Waals surface area contributed by atoms with Crippen molar-refractivity contribution in [3.05, 3.63) is 64.2 Å². The fourth-order valence-electron chi connectivity index (χ4n) is 4.95. The summed E-state index contributed by atoms with van der Waals surface area (Å²) in [5.74, 6) is 1.92. The van der Waals surface area contributed by atoms with E-state index in [1.54, 1.807) is 23.7 Å². The molecule has 3 aromatic rings. The molecule has 2 saturated heterocycles. The first-order chi connectivity index (χ1) is 19.4. The number of allylic oxidation sites excluding steroid dienone is 1. The van der Waals surface area contributed by atoms with E-state index in [1.807, 2.05) is 6.07 Å². The Balaban J connectivity index is 1.19. The van der Waals surface area contributed by atoms with E-state index in [1.165, 1.54) is 11.9 Å². The first kappa shape index (κ1) is 29.2. The van der Waals surface area contributed by atoms with Gasteiger partial charge in [0.2, 0.25) is 5.43 Å². The molecule has 5 rings (SSSR count). The van der Waals surface area contributed by atoms with Gasteiger partial charge in [-0.25, -0.2) is 0 Å². The predicted molar refractivity (Wildman–Crippen MR) is 169 cm³/mol. The van der Waals surface area contributed by atoms with Crippen LogP contribution >= 0.6 is 35.9 Å². The minimum absolute atomic E-state index is 0.0550. The van der Waals surface area contributed by atoms with Gasteiger partial charge in [0, 0.05) is 79.0 Å². The molecule has 2 fully saturated rings. The zero-order valence-electron chi connectivity index (χ0n) is 22.6. The molecule has 2 aliphatic heterocycles. The van der Waals surface area contributed by atoms with Crippen LogP contribution in [0, 0.1) is 5.92 Å². The summed E-state index contributed by atoms with van der Waals surface area (Å²) >= 11 is 7.64. The van der Waals surface area contributed by atoms with Crippen molar-refractivity contribution in [3.63, 3.8) is 0 Å². The van der Waals surface area contributed by atoms with E-state index in [-0.39, 0.29) is 16.9 Å². The highest BCUT2D eigenvalue weighted by Gasteiger charge is 2.26. The molecule has 0 bridgehead atoms. The number of nitrogens with zero attached hydrogens (tertiary/aromatic N) is 1. The summed E-state index contributed by atoms with van der Waals surface area (Å²) in [6.45, 7) is 11.2. The van der Waals surface area contributed by atoms with Crippen LogP contribution in [0.15, 0.2) is 52.0 Å². The molecule has 1 unspecified atom stereocenters. The van der Waals surface area contributed by atoms with Gasteiger partial charge < -0.3 is 29.4 Å². The molecule has 2 aliphatic rings. The standard InChI is InChI=1S/C28H37N5O4S3/c1-17-11-20(14-32-17)18(2)37-24-12-21(4-3-19(24)16-39-29)30-5-6-31-28(38)22-15-36-26-23(34)13-25(40-27(22)26)33-7-9-35-10-8-33/h3-4,12-13,15,18,20,28,30-32,38H,1,5-11,14,16,29H2,2H3/t18-,20-,28?/m0/s1. The second kappa shape index (κ2) is 13.5. The fraction of sp³-hybridized carbons (Fsp3) is 0.464. The molecule has 0 spiro atoms. The lowest BCUT2D eigenvalue weighted by atomic mass is 10.0. The van der Waals surface area contributed by atoms with Gasteiger partial charge in [0.15, 0.2) is 5.58 Å². The Morgan fingerprint density at radius 2 is 2.15 bits per heavy atom. The van der Waals surface area contributed by atoms with Crippen molar-refractivity contribution in [2.45, 2.75) is 30.6 Å². The maximum atomic E-state index is 12.7. The number of fused-ring (bicyclic) bond motifs is 1. The molecule has 0 radical (unpaired) electrons. The summed E-state index contributed by atoms with van der Waals surface area (Å²) in [5, 5.41) is 16.7. The van der Waals surface area contributed by atoms with E-state index in [0.717, 1.165) is 64.0 Å². The van der Waals surface area contributed by atoms with Gasteiger partial charge in [-0.3, -0.25) is 15.3 Å². The van der Waals surface area contributed by atoms with Gasteiger partial charge >= 0.3 is 0 Å². The maximum absolute atomic E-state index is 12.7. The molecule has 1 aromatic carbocycles. The van der Waals surface area contributed by atoms with Gasteiger partial charge in [-0.1, -0.05) is 24.6 Å². The topological polar surface area (TPSA) is 114 Å². The molecule has 0 saturated carbocycles. The number of nitrogens with two attached hydrogens (primary N) is 1. The van der Waals surface area contributed by atoms with Gasteiger partial charge in [0.05, 0.1) is 34.6 Å². The number of ether oxygens (including phenoxy) is 2. The minimum atomic E-state index is -0.280. The van der Waals surface area contributed by atoms with Crippen LogP contribution in [0.1, 0.15) is 29.8 Å². The van der Waals surface area contributed by atoms with Crippen LogP contribution in [0.5, 0.6) is 5.75 Å². The summed E-state index contributed by atoms with van der Waals surface area (Å²) in [6, 6.07) is 7.82. The van der Waals surface area contributed by atoms with Crippen molar-refractivity contribution in [3.8, 4) is 5.75 Å². The summed E-state index contributed by atoms with van der Waals surface area (Å²) in [5.41, 5.74) is 4.26. The zero-order chi connectivity index (χ0) is 28.1. The highest BCUT2D eigenvalue weighted by Crippen LogP contribution is 2.35. The van der Waals surface area contributed by atoms with Crippen LogP contribution in [0.2, 0.25) is 0 Å². The monoisotopic (exact) mass is 603 g/mol. The van der Waals surface area contributed by atoms with Crippen molar-refractivity contribution in [2.24, 2.45) is 11.1 Å². The smallest absolute Gasteiger partial charge is 0.225 e. The molecular weight excluding hydrogens is 567 g/mol. The van der Waals surface area contributed by atoms with Crippen molar-refractivity contribution < 1.29 is 13.9 Å². The Hall–Kier alpha value is -2.35. The zero-order valence-corrected chi connectivity index (χ0v) is 25.1. The summed E-state index contributed by atoms with van der Waals surface area (Å²) in [7, 11) is 0. The molecule has 40 heavy (non-hydrogen) atoms. The molecule has 2 aromatic heterocycles. The summed E-state index contributed by atoms with van der Waals surface area (Å²) in [6.07, 6.45) is 2.62. The van der Waals surface area contributed by atoms with Crippen LogP contribution in [0.4, 0.5) is 10.7 Å². The number of furan rings is 1. The second-order valence-electron chi connectivity index (χ2n) is 10.1. The lowest BCUT2D eigenvalue weighted by Gasteiger charge is -2.28. The van der Waals surface area contributed by atoms with Gasteiger partial charge in [-0.15, -0.1) is 11.3 Å². The summed E-state index contributed by atoms with van der Waals surface area (Å²) < 4.78 is 18.4. The lowest BCUT2D eigenvalue weighted by molar-refractivity contribution is 0.123. The third kappa shape index (κ3) is 6.92. The van der Waals surface area contributed by atoms with E-state index in [0.29, 0.717) is 43.6 Å². The Kier molecular flexibility index (Phi) is 9.87. The predicted octanol–water partition coefficient (Wildman–Crippen LogP) is 4.32. The number of benzene rings is 1. The number of rotatable bonds is 12. The quantitative estimate of drug-likeness (QED) is 0.0888. The van der Waals surface area contributed by atoms with Crippen molar-refractivity contribution >= 4 is 56.9 Å². The third-order valence-corrected chi connectivity index (χ3v) is 9.42. The van der Waals surface area contributed by atoms with Crippen LogP contribution < -0.4 is 36.2 Å². The van der Waals surface area contributed by atoms with Crippen molar-refractivity contribution in [1.29, 1.82) is 0 Å². The van der Waals surface area contributed by atoms with E-state index >= 15 is 0 Å². The number of anilines is 2. The molecule has 3 atom stereocenters.